The van der Waals surface area contributed by atoms with E-state index in [1.165, 1.54) is 10.1 Å². The first-order valence-electron chi connectivity index (χ1n) is 12.8. The molecule has 2 aromatic rings. The molecule has 200 valence electrons. The Kier molecular flexibility index (Phi) is 7.96. The van der Waals surface area contributed by atoms with Gasteiger partial charge in [0.1, 0.15) is 5.82 Å². The number of piperazine rings is 1. The quantitative estimate of drug-likeness (QED) is 0.522. The highest BCUT2D eigenvalue weighted by atomic mass is 16.2. The summed E-state index contributed by atoms with van der Waals surface area (Å²) in [6.07, 6.45) is 2.73. The summed E-state index contributed by atoms with van der Waals surface area (Å²) < 4.78 is 1.44. The molecule has 2 fully saturated rings. The molecular weight excluding hydrogens is 472 g/mol. The summed E-state index contributed by atoms with van der Waals surface area (Å²) in [5.41, 5.74) is 12.4. The zero-order valence-corrected chi connectivity index (χ0v) is 21.9. The van der Waals surface area contributed by atoms with Gasteiger partial charge in [0.25, 0.3) is 0 Å². The molecule has 0 saturated carbocycles. The van der Waals surface area contributed by atoms with Gasteiger partial charge in [-0.2, -0.15) is 4.98 Å². The van der Waals surface area contributed by atoms with Gasteiger partial charge in [0, 0.05) is 51.5 Å². The summed E-state index contributed by atoms with van der Waals surface area (Å²) in [7, 11) is 0. The first kappa shape index (κ1) is 26.8. The number of carbonyl (C=O) groups excluding carboxylic acids is 2. The van der Waals surface area contributed by atoms with Gasteiger partial charge in [0.15, 0.2) is 0 Å². The van der Waals surface area contributed by atoms with Gasteiger partial charge >= 0.3 is 11.7 Å². The second-order valence-corrected chi connectivity index (χ2v) is 10.7. The van der Waals surface area contributed by atoms with E-state index in [4.69, 9.17) is 11.5 Å². The molecule has 0 aliphatic carbocycles. The summed E-state index contributed by atoms with van der Waals surface area (Å²) in [6, 6.07) is 9.30. The van der Waals surface area contributed by atoms with Crippen LogP contribution >= 0.6 is 0 Å². The van der Waals surface area contributed by atoms with Gasteiger partial charge in [-0.15, -0.1) is 0 Å². The highest BCUT2D eigenvalue weighted by molar-refractivity contribution is 5.89. The maximum absolute atomic E-state index is 12.7. The number of hydrogen-bond donors (Lipinski definition) is 3. The Balaban J connectivity index is 1.32. The Morgan fingerprint density at radius 1 is 1.08 bits per heavy atom. The minimum absolute atomic E-state index is 0.142. The first-order valence-corrected chi connectivity index (χ1v) is 12.8. The maximum atomic E-state index is 12.7. The fourth-order valence-electron chi connectivity index (χ4n) is 4.83. The second-order valence-electron chi connectivity index (χ2n) is 10.7. The molecule has 0 spiro atoms. The molecule has 2 atom stereocenters. The van der Waals surface area contributed by atoms with Crippen LogP contribution in [0.3, 0.4) is 0 Å². The number of carbonyl (C=O) groups is 2. The van der Waals surface area contributed by atoms with Crippen LogP contribution in [-0.4, -0.2) is 87.0 Å². The van der Waals surface area contributed by atoms with Crippen LogP contribution in [0.2, 0.25) is 0 Å². The Bertz CT molecular complexity index is 1160. The van der Waals surface area contributed by atoms with E-state index >= 15 is 0 Å². The van der Waals surface area contributed by atoms with Crippen molar-refractivity contribution in [2.75, 3.05) is 44.6 Å². The van der Waals surface area contributed by atoms with Gasteiger partial charge in [-0.25, -0.2) is 9.59 Å². The molecular formula is C26H38N8O3. The Hall–Kier alpha value is -3.28. The third-order valence-corrected chi connectivity index (χ3v) is 7.12. The highest BCUT2D eigenvalue weighted by Gasteiger charge is 2.31. The summed E-state index contributed by atoms with van der Waals surface area (Å²) in [5.74, 6) is 0.583. The molecule has 5 N–H and O–H groups in total. The molecule has 4 rings (SSSR count). The standard InChI is InChI=1S/C26H38N8O3/c1-18(27)20-8-10-31(17-20)16-19-4-6-21(7-5-19)34-11-9-22(30-25(34)37)29-24(36)33-14-12-32(13-15-33)23(35)26(2,3)28/h4-7,9,11,18,20H,8,10,12-17,27-28H2,1-3H3,(H,29,30,36,37)/t18?,20-/m0/s1. The zero-order valence-electron chi connectivity index (χ0n) is 21.9. The van der Waals surface area contributed by atoms with Gasteiger partial charge in [-0.3, -0.25) is 19.6 Å². The SMILES string of the molecule is CC(N)[C@H]1CCN(Cc2ccc(-n3ccc(NC(=O)N4CCN(C(=O)C(C)(C)N)CC4)nc3=O)cc2)C1. The largest absolute Gasteiger partial charge is 0.354 e. The van der Waals surface area contributed by atoms with Crippen molar-refractivity contribution in [2.24, 2.45) is 17.4 Å². The van der Waals surface area contributed by atoms with E-state index in [1.807, 2.05) is 24.3 Å². The topological polar surface area (TPSA) is 143 Å². The van der Waals surface area contributed by atoms with Crippen molar-refractivity contribution < 1.29 is 9.59 Å². The van der Waals surface area contributed by atoms with Crippen molar-refractivity contribution in [2.45, 2.75) is 45.3 Å². The van der Waals surface area contributed by atoms with Gasteiger partial charge in [0.05, 0.1) is 11.2 Å². The van der Waals surface area contributed by atoms with E-state index < -0.39 is 11.2 Å². The molecule has 1 aromatic carbocycles. The molecule has 2 saturated heterocycles. The van der Waals surface area contributed by atoms with Crippen LogP contribution in [0.1, 0.15) is 32.8 Å². The first-order chi connectivity index (χ1) is 17.5. The van der Waals surface area contributed by atoms with Crippen LogP contribution in [0.4, 0.5) is 10.6 Å². The van der Waals surface area contributed by atoms with E-state index in [-0.39, 0.29) is 23.8 Å². The molecule has 3 heterocycles. The smallest absolute Gasteiger partial charge is 0.338 e. The fourth-order valence-corrected chi connectivity index (χ4v) is 4.83. The molecule has 1 unspecified atom stereocenters. The third kappa shape index (κ3) is 6.54. The molecule has 2 aliphatic rings. The molecule has 37 heavy (non-hydrogen) atoms. The van der Waals surface area contributed by atoms with E-state index in [9.17, 15) is 14.4 Å². The highest BCUT2D eigenvalue weighted by Crippen LogP contribution is 2.21. The maximum Gasteiger partial charge on any atom is 0.354 e. The van der Waals surface area contributed by atoms with Crippen LogP contribution in [0.15, 0.2) is 41.3 Å². The molecule has 11 nitrogen and oxygen atoms in total. The van der Waals surface area contributed by atoms with Crippen molar-refractivity contribution in [1.82, 2.24) is 24.3 Å². The number of aromatic nitrogens is 2. The van der Waals surface area contributed by atoms with Crippen molar-refractivity contribution in [3.63, 3.8) is 0 Å². The number of anilines is 1. The van der Waals surface area contributed by atoms with Crippen LogP contribution in [0.5, 0.6) is 0 Å². The third-order valence-electron chi connectivity index (χ3n) is 7.12. The van der Waals surface area contributed by atoms with Crippen LogP contribution < -0.4 is 22.5 Å². The summed E-state index contributed by atoms with van der Waals surface area (Å²) in [4.78, 5) is 47.4. The van der Waals surface area contributed by atoms with E-state index in [0.29, 0.717) is 37.8 Å². The van der Waals surface area contributed by atoms with Gasteiger partial charge < -0.3 is 21.3 Å². The van der Waals surface area contributed by atoms with Crippen molar-refractivity contribution in [1.29, 1.82) is 0 Å². The summed E-state index contributed by atoms with van der Waals surface area (Å²) in [6.45, 7) is 9.88. The number of amides is 3. The Morgan fingerprint density at radius 2 is 1.73 bits per heavy atom. The average molecular weight is 511 g/mol. The average Bonchev–Trinajstić information content (AvgIpc) is 3.33. The molecule has 1 aromatic heterocycles. The normalized spacial score (nSPS) is 19.6. The van der Waals surface area contributed by atoms with Crippen LogP contribution in [-0.2, 0) is 11.3 Å². The number of benzene rings is 1. The number of likely N-dealkylation sites (tertiary alicyclic amines) is 1. The predicted molar refractivity (Wildman–Crippen MR) is 142 cm³/mol. The van der Waals surface area contributed by atoms with Crippen molar-refractivity contribution >= 4 is 17.8 Å². The molecule has 0 radical (unpaired) electrons. The van der Waals surface area contributed by atoms with E-state index in [1.54, 1.807) is 35.9 Å². The van der Waals surface area contributed by atoms with Crippen molar-refractivity contribution in [3.05, 3.63) is 52.6 Å². The second kappa shape index (κ2) is 11.0. The molecule has 11 heteroatoms. The van der Waals surface area contributed by atoms with Gasteiger partial charge in [-0.1, -0.05) is 12.1 Å². The molecule has 3 amide bonds. The van der Waals surface area contributed by atoms with E-state index in [0.717, 1.165) is 26.1 Å². The number of urea groups is 1. The van der Waals surface area contributed by atoms with Crippen LogP contribution in [0, 0.1) is 5.92 Å². The predicted octanol–water partition coefficient (Wildman–Crippen LogP) is 0.815. The van der Waals surface area contributed by atoms with Crippen molar-refractivity contribution in [3.8, 4) is 5.69 Å². The Morgan fingerprint density at radius 3 is 2.30 bits per heavy atom. The molecule has 0 bridgehead atoms. The van der Waals surface area contributed by atoms with Crippen LogP contribution in [0.25, 0.3) is 5.69 Å². The summed E-state index contributed by atoms with van der Waals surface area (Å²) in [5, 5.41) is 2.69. The molecule has 2 aliphatic heterocycles. The number of hydrogen-bond acceptors (Lipinski definition) is 7. The lowest BCUT2D eigenvalue weighted by Gasteiger charge is -2.37. The lowest BCUT2D eigenvalue weighted by atomic mass is 10.0. The lowest BCUT2D eigenvalue weighted by molar-refractivity contribution is -0.137. The number of rotatable bonds is 6. The monoisotopic (exact) mass is 510 g/mol. The Labute approximate surface area is 217 Å². The minimum Gasteiger partial charge on any atom is -0.338 e. The number of nitrogens with zero attached hydrogens (tertiary/aromatic N) is 5. The van der Waals surface area contributed by atoms with Gasteiger partial charge in [0.2, 0.25) is 5.91 Å². The minimum atomic E-state index is -0.945. The number of nitrogens with two attached hydrogens (primary N) is 2. The van der Waals surface area contributed by atoms with Gasteiger partial charge in [-0.05, 0) is 63.4 Å². The zero-order chi connectivity index (χ0) is 26.7. The fraction of sp³-hybridized carbons (Fsp3) is 0.538. The lowest BCUT2D eigenvalue weighted by Crippen LogP contribution is -2.58. The number of nitrogens with one attached hydrogen (secondary N) is 1. The summed E-state index contributed by atoms with van der Waals surface area (Å²) >= 11 is 0. The van der Waals surface area contributed by atoms with E-state index in [2.05, 4.69) is 22.1 Å².